The van der Waals surface area contributed by atoms with Gasteiger partial charge in [0, 0.05) is 20.3 Å². The molecule has 5 nitrogen and oxygen atoms in total. The van der Waals surface area contributed by atoms with Crippen LogP contribution in [0.15, 0.2) is 24.3 Å². The second-order valence-corrected chi connectivity index (χ2v) is 5.91. The number of carboxylic acid groups (broad SMARTS) is 1. The molecule has 0 bridgehead atoms. The molecule has 0 radical (unpaired) electrons. The van der Waals surface area contributed by atoms with Crippen molar-refractivity contribution in [3.8, 4) is 0 Å². The van der Waals surface area contributed by atoms with Crippen LogP contribution in [0.3, 0.4) is 0 Å². The molecule has 120 valence electrons. The zero-order valence-electron chi connectivity index (χ0n) is 12.9. The minimum atomic E-state index is -0.944. The van der Waals surface area contributed by atoms with Crippen LogP contribution in [-0.4, -0.2) is 30.7 Å². The number of hydrogen-bond donors (Lipinski definition) is 2. The standard InChI is InChI=1S/C17H23NO4/c1-22-11-10-17(8-2-3-9-17)16(21)18-12-13-4-6-14(7-5-13)15(19)20/h4-7H,2-3,8-12H2,1H3,(H,18,21)(H,19,20). The van der Waals surface area contributed by atoms with Crippen LogP contribution in [0.4, 0.5) is 0 Å². The van der Waals surface area contributed by atoms with E-state index in [4.69, 9.17) is 9.84 Å². The van der Waals surface area contributed by atoms with Crippen molar-refractivity contribution in [3.05, 3.63) is 35.4 Å². The van der Waals surface area contributed by atoms with Gasteiger partial charge in [-0.1, -0.05) is 25.0 Å². The number of hydrogen-bond acceptors (Lipinski definition) is 3. The van der Waals surface area contributed by atoms with Crippen molar-refractivity contribution >= 4 is 11.9 Å². The summed E-state index contributed by atoms with van der Waals surface area (Å²) in [5.41, 5.74) is 0.859. The van der Waals surface area contributed by atoms with E-state index in [0.29, 0.717) is 13.2 Å². The first kappa shape index (κ1) is 16.5. The number of nitrogens with one attached hydrogen (secondary N) is 1. The molecule has 0 aromatic heterocycles. The molecule has 1 aliphatic rings. The van der Waals surface area contributed by atoms with Crippen LogP contribution in [0.25, 0.3) is 0 Å². The normalized spacial score (nSPS) is 16.4. The van der Waals surface area contributed by atoms with E-state index < -0.39 is 5.97 Å². The largest absolute Gasteiger partial charge is 0.478 e. The molecule has 2 rings (SSSR count). The number of benzene rings is 1. The summed E-state index contributed by atoms with van der Waals surface area (Å²) in [6.45, 7) is 1.02. The average Bonchev–Trinajstić information content (AvgIpc) is 3.01. The Kier molecular flexibility index (Phi) is 5.55. The highest BCUT2D eigenvalue weighted by Crippen LogP contribution is 2.41. The number of ether oxygens (including phenoxy) is 1. The fourth-order valence-electron chi connectivity index (χ4n) is 3.07. The second kappa shape index (κ2) is 7.40. The summed E-state index contributed by atoms with van der Waals surface area (Å²) in [6.07, 6.45) is 4.77. The van der Waals surface area contributed by atoms with Gasteiger partial charge in [-0.2, -0.15) is 0 Å². The molecule has 2 N–H and O–H groups in total. The topological polar surface area (TPSA) is 75.6 Å². The molecule has 1 aliphatic carbocycles. The van der Waals surface area contributed by atoms with Gasteiger partial charge in [-0.15, -0.1) is 0 Å². The lowest BCUT2D eigenvalue weighted by molar-refractivity contribution is -0.132. The summed E-state index contributed by atoms with van der Waals surface area (Å²) in [6, 6.07) is 6.58. The first-order chi connectivity index (χ1) is 10.6. The van der Waals surface area contributed by atoms with Gasteiger partial charge >= 0.3 is 5.97 Å². The van der Waals surface area contributed by atoms with Crippen LogP contribution in [0, 0.1) is 5.41 Å². The Morgan fingerprint density at radius 3 is 2.41 bits per heavy atom. The Morgan fingerprint density at radius 1 is 1.23 bits per heavy atom. The lowest BCUT2D eigenvalue weighted by atomic mass is 9.82. The van der Waals surface area contributed by atoms with Gasteiger partial charge in [-0.05, 0) is 37.0 Å². The molecule has 1 fully saturated rings. The first-order valence-electron chi connectivity index (χ1n) is 7.67. The van der Waals surface area contributed by atoms with Crippen molar-refractivity contribution in [3.63, 3.8) is 0 Å². The highest BCUT2D eigenvalue weighted by Gasteiger charge is 2.40. The molecule has 1 amide bonds. The molecule has 0 heterocycles. The first-order valence-corrected chi connectivity index (χ1v) is 7.67. The third-order valence-corrected chi connectivity index (χ3v) is 4.48. The van der Waals surface area contributed by atoms with Gasteiger partial charge in [0.05, 0.1) is 11.0 Å². The van der Waals surface area contributed by atoms with Crippen LogP contribution < -0.4 is 5.32 Å². The number of amides is 1. The van der Waals surface area contributed by atoms with Crippen molar-refractivity contribution in [1.82, 2.24) is 5.32 Å². The lowest BCUT2D eigenvalue weighted by Crippen LogP contribution is -2.39. The van der Waals surface area contributed by atoms with Gasteiger partial charge in [0.15, 0.2) is 0 Å². The summed E-state index contributed by atoms with van der Waals surface area (Å²) >= 11 is 0. The fraction of sp³-hybridized carbons (Fsp3) is 0.529. The molecule has 1 aromatic rings. The van der Waals surface area contributed by atoms with E-state index in [1.54, 1.807) is 31.4 Å². The number of carbonyl (C=O) groups is 2. The summed E-state index contributed by atoms with van der Waals surface area (Å²) in [7, 11) is 1.66. The highest BCUT2D eigenvalue weighted by molar-refractivity contribution is 5.87. The number of rotatable bonds is 7. The Bertz CT molecular complexity index is 518. The molecule has 0 spiro atoms. The van der Waals surface area contributed by atoms with E-state index in [1.807, 2.05) is 0 Å². The maximum Gasteiger partial charge on any atom is 0.335 e. The zero-order chi connectivity index (χ0) is 16.0. The number of carboxylic acids is 1. The number of carbonyl (C=O) groups excluding carboxylic acids is 1. The van der Waals surface area contributed by atoms with Gasteiger partial charge in [0.25, 0.3) is 0 Å². The van der Waals surface area contributed by atoms with Gasteiger partial charge in [-0.3, -0.25) is 4.79 Å². The molecular weight excluding hydrogens is 282 g/mol. The van der Waals surface area contributed by atoms with Crippen molar-refractivity contribution in [2.45, 2.75) is 38.6 Å². The molecule has 0 saturated heterocycles. The van der Waals surface area contributed by atoms with Crippen LogP contribution >= 0.6 is 0 Å². The highest BCUT2D eigenvalue weighted by atomic mass is 16.5. The summed E-state index contributed by atoms with van der Waals surface area (Å²) < 4.78 is 5.14. The number of aromatic carboxylic acids is 1. The van der Waals surface area contributed by atoms with Crippen molar-refractivity contribution in [2.75, 3.05) is 13.7 Å². The Hall–Kier alpha value is -1.88. The molecule has 5 heteroatoms. The molecule has 0 atom stereocenters. The van der Waals surface area contributed by atoms with E-state index in [0.717, 1.165) is 37.7 Å². The minimum Gasteiger partial charge on any atom is -0.478 e. The van der Waals surface area contributed by atoms with Crippen molar-refractivity contribution in [1.29, 1.82) is 0 Å². The Labute approximate surface area is 130 Å². The molecular formula is C17H23NO4. The van der Waals surface area contributed by atoms with Crippen molar-refractivity contribution in [2.24, 2.45) is 5.41 Å². The molecule has 1 saturated carbocycles. The fourth-order valence-corrected chi connectivity index (χ4v) is 3.07. The Balaban J connectivity index is 1.94. The SMILES string of the molecule is COCCC1(C(=O)NCc2ccc(C(=O)O)cc2)CCCC1. The van der Waals surface area contributed by atoms with E-state index in [1.165, 1.54) is 0 Å². The van der Waals surface area contributed by atoms with E-state index >= 15 is 0 Å². The summed E-state index contributed by atoms with van der Waals surface area (Å²) in [4.78, 5) is 23.4. The smallest absolute Gasteiger partial charge is 0.335 e. The average molecular weight is 305 g/mol. The molecule has 0 unspecified atom stereocenters. The van der Waals surface area contributed by atoms with Crippen LogP contribution in [0.2, 0.25) is 0 Å². The van der Waals surface area contributed by atoms with Crippen molar-refractivity contribution < 1.29 is 19.4 Å². The predicted octanol–water partition coefficient (Wildman–Crippen LogP) is 2.60. The van der Waals surface area contributed by atoms with Gasteiger partial charge in [0.1, 0.15) is 0 Å². The zero-order valence-corrected chi connectivity index (χ0v) is 12.9. The number of methoxy groups -OCH3 is 1. The van der Waals surface area contributed by atoms with E-state index in [-0.39, 0.29) is 16.9 Å². The second-order valence-electron chi connectivity index (χ2n) is 5.91. The third kappa shape index (κ3) is 3.85. The summed E-state index contributed by atoms with van der Waals surface area (Å²) in [5.74, 6) is -0.857. The maximum atomic E-state index is 12.6. The molecule has 1 aromatic carbocycles. The predicted molar refractivity (Wildman–Crippen MR) is 82.6 cm³/mol. The van der Waals surface area contributed by atoms with E-state index in [9.17, 15) is 9.59 Å². The molecule has 22 heavy (non-hydrogen) atoms. The third-order valence-electron chi connectivity index (χ3n) is 4.48. The monoisotopic (exact) mass is 305 g/mol. The van der Waals surface area contributed by atoms with Crippen LogP contribution in [-0.2, 0) is 16.1 Å². The van der Waals surface area contributed by atoms with E-state index in [2.05, 4.69) is 5.32 Å². The quantitative estimate of drug-likeness (QED) is 0.812. The minimum absolute atomic E-state index is 0.0874. The maximum absolute atomic E-state index is 12.6. The lowest BCUT2D eigenvalue weighted by Gasteiger charge is -2.27. The van der Waals surface area contributed by atoms with Gasteiger partial charge in [0.2, 0.25) is 5.91 Å². The van der Waals surface area contributed by atoms with Crippen LogP contribution in [0.1, 0.15) is 48.0 Å². The van der Waals surface area contributed by atoms with Gasteiger partial charge in [-0.25, -0.2) is 4.79 Å². The van der Waals surface area contributed by atoms with Crippen LogP contribution in [0.5, 0.6) is 0 Å². The van der Waals surface area contributed by atoms with Gasteiger partial charge < -0.3 is 15.2 Å². The summed E-state index contributed by atoms with van der Waals surface area (Å²) in [5, 5.41) is 11.9. The Morgan fingerprint density at radius 2 is 1.86 bits per heavy atom. The molecule has 0 aliphatic heterocycles.